The van der Waals surface area contributed by atoms with Crippen molar-refractivity contribution in [3.8, 4) is 0 Å². The molecule has 1 aromatic carbocycles. The number of benzene rings is 1. The fraction of sp³-hybridized carbons (Fsp3) is 0.455. The van der Waals surface area contributed by atoms with E-state index in [9.17, 15) is 8.42 Å². The first-order valence-electron chi connectivity index (χ1n) is 5.48. The second-order valence-electron chi connectivity index (χ2n) is 4.40. The average Bonchev–Trinajstić information content (AvgIpc) is 3.11. The first-order valence-corrected chi connectivity index (χ1v) is 8.57. The third-order valence-corrected chi connectivity index (χ3v) is 6.37. The summed E-state index contributed by atoms with van der Waals surface area (Å²) in [6, 6.07) is 4.45. The summed E-state index contributed by atoms with van der Waals surface area (Å²) in [6.07, 6.45) is 4.08. The van der Waals surface area contributed by atoms with Crippen LogP contribution in [0.15, 0.2) is 23.1 Å². The Balaban J connectivity index is 2.18. The van der Waals surface area contributed by atoms with Crippen molar-refractivity contribution >= 4 is 39.1 Å². The molecular formula is C11H15ClN2O2S2. The Morgan fingerprint density at radius 2 is 2.17 bits per heavy atom. The lowest BCUT2D eigenvalue weighted by atomic mass is 10.3. The van der Waals surface area contributed by atoms with E-state index in [0.29, 0.717) is 12.2 Å². The van der Waals surface area contributed by atoms with Crippen molar-refractivity contribution in [1.82, 2.24) is 4.72 Å². The van der Waals surface area contributed by atoms with Crippen molar-refractivity contribution < 1.29 is 8.42 Å². The summed E-state index contributed by atoms with van der Waals surface area (Å²) < 4.78 is 26.9. The molecule has 0 radical (unpaired) electrons. The van der Waals surface area contributed by atoms with Gasteiger partial charge in [0.2, 0.25) is 10.0 Å². The van der Waals surface area contributed by atoms with E-state index in [1.807, 2.05) is 6.26 Å². The first-order chi connectivity index (χ1) is 8.38. The van der Waals surface area contributed by atoms with Gasteiger partial charge in [-0.25, -0.2) is 13.1 Å². The van der Waals surface area contributed by atoms with E-state index >= 15 is 0 Å². The predicted molar refractivity (Wildman–Crippen MR) is 76.5 cm³/mol. The summed E-state index contributed by atoms with van der Waals surface area (Å²) in [4.78, 5) is 0.0427. The van der Waals surface area contributed by atoms with Gasteiger partial charge in [-0.15, -0.1) is 0 Å². The van der Waals surface area contributed by atoms with Crippen molar-refractivity contribution in [1.29, 1.82) is 0 Å². The number of halogens is 1. The van der Waals surface area contributed by atoms with E-state index in [2.05, 4.69) is 4.72 Å². The van der Waals surface area contributed by atoms with E-state index in [1.54, 1.807) is 17.8 Å². The van der Waals surface area contributed by atoms with Gasteiger partial charge in [0.25, 0.3) is 0 Å². The fourth-order valence-corrected chi connectivity index (χ4v) is 4.10. The Hall–Kier alpha value is -0.430. The predicted octanol–water partition coefficient (Wildman–Crippen LogP) is 2.10. The third kappa shape index (κ3) is 2.93. The second-order valence-corrected chi connectivity index (χ2v) is 7.82. The number of thioether (sulfide) groups is 1. The second kappa shape index (κ2) is 4.92. The Morgan fingerprint density at radius 1 is 1.50 bits per heavy atom. The minimum absolute atomic E-state index is 0.0427. The molecular weight excluding hydrogens is 292 g/mol. The zero-order valence-electron chi connectivity index (χ0n) is 9.94. The molecule has 0 saturated heterocycles. The van der Waals surface area contributed by atoms with E-state index in [1.165, 1.54) is 12.1 Å². The smallest absolute Gasteiger partial charge is 0.242 e. The SMILES string of the molecule is CSC1(CNS(=O)(=O)c2cc(N)ccc2Cl)CC1. The number of sulfonamides is 1. The van der Waals surface area contributed by atoms with Gasteiger partial charge in [-0.3, -0.25) is 0 Å². The summed E-state index contributed by atoms with van der Waals surface area (Å²) in [6.45, 7) is 0.432. The summed E-state index contributed by atoms with van der Waals surface area (Å²) >= 11 is 7.60. The maximum absolute atomic E-state index is 12.1. The minimum Gasteiger partial charge on any atom is -0.399 e. The molecule has 4 nitrogen and oxygen atoms in total. The highest BCUT2D eigenvalue weighted by molar-refractivity contribution is 8.00. The number of hydrogen-bond donors (Lipinski definition) is 2. The molecule has 7 heteroatoms. The maximum atomic E-state index is 12.1. The van der Waals surface area contributed by atoms with Crippen molar-refractivity contribution in [3.63, 3.8) is 0 Å². The molecule has 1 aliphatic carbocycles. The summed E-state index contributed by atoms with van der Waals surface area (Å²) in [5.74, 6) is 0. The lowest BCUT2D eigenvalue weighted by Crippen LogP contribution is -2.32. The quantitative estimate of drug-likeness (QED) is 0.817. The molecule has 0 atom stereocenters. The monoisotopic (exact) mass is 306 g/mol. The Morgan fingerprint density at radius 3 is 2.72 bits per heavy atom. The van der Waals surface area contributed by atoms with Gasteiger partial charge in [-0.2, -0.15) is 11.8 Å². The van der Waals surface area contributed by atoms with E-state index in [4.69, 9.17) is 17.3 Å². The van der Waals surface area contributed by atoms with Crippen LogP contribution in [0, 0.1) is 0 Å². The first kappa shape index (κ1) is 14.0. The molecule has 0 aromatic heterocycles. The van der Waals surface area contributed by atoms with Gasteiger partial charge in [0, 0.05) is 17.0 Å². The van der Waals surface area contributed by atoms with Crippen LogP contribution >= 0.6 is 23.4 Å². The molecule has 0 bridgehead atoms. The van der Waals surface area contributed by atoms with Gasteiger partial charge in [0.05, 0.1) is 5.02 Å². The highest BCUT2D eigenvalue weighted by Crippen LogP contribution is 2.46. The molecule has 0 aliphatic heterocycles. The zero-order chi connectivity index (χ0) is 13.4. The molecule has 0 unspecified atom stereocenters. The Labute approximate surface area is 116 Å². The van der Waals surface area contributed by atoms with Gasteiger partial charge in [-0.1, -0.05) is 11.6 Å². The van der Waals surface area contributed by atoms with Crippen molar-refractivity contribution in [2.75, 3.05) is 18.5 Å². The van der Waals surface area contributed by atoms with Gasteiger partial charge in [0.15, 0.2) is 0 Å². The molecule has 2 rings (SSSR count). The number of nitrogens with one attached hydrogen (secondary N) is 1. The van der Waals surface area contributed by atoms with E-state index < -0.39 is 10.0 Å². The summed E-state index contributed by atoms with van der Waals surface area (Å²) in [7, 11) is -3.59. The lowest BCUT2D eigenvalue weighted by Gasteiger charge is -2.14. The standard InChI is InChI=1S/C11H15ClN2O2S2/c1-17-11(4-5-11)7-14-18(15,16)10-6-8(13)2-3-9(10)12/h2-3,6,14H,4-5,7,13H2,1H3. The summed E-state index contributed by atoms with van der Waals surface area (Å²) in [5.41, 5.74) is 5.97. The van der Waals surface area contributed by atoms with Gasteiger partial charge in [-0.05, 0) is 37.3 Å². The van der Waals surface area contributed by atoms with Crippen LogP contribution < -0.4 is 10.5 Å². The topological polar surface area (TPSA) is 72.2 Å². The zero-order valence-corrected chi connectivity index (χ0v) is 12.3. The average molecular weight is 307 g/mol. The largest absolute Gasteiger partial charge is 0.399 e. The van der Waals surface area contributed by atoms with Crippen LogP contribution in [0.25, 0.3) is 0 Å². The van der Waals surface area contributed by atoms with Crippen LogP contribution in [0.3, 0.4) is 0 Å². The minimum atomic E-state index is -3.59. The molecule has 1 aliphatic rings. The van der Waals surface area contributed by atoms with Gasteiger partial charge < -0.3 is 5.73 Å². The maximum Gasteiger partial charge on any atom is 0.242 e. The number of rotatable bonds is 5. The summed E-state index contributed by atoms with van der Waals surface area (Å²) in [5, 5.41) is 0.186. The van der Waals surface area contributed by atoms with E-state index in [-0.39, 0.29) is 14.7 Å². The highest BCUT2D eigenvalue weighted by atomic mass is 35.5. The van der Waals surface area contributed by atoms with Crippen molar-refractivity contribution in [3.05, 3.63) is 23.2 Å². The van der Waals surface area contributed by atoms with Crippen LogP contribution in [0.2, 0.25) is 5.02 Å². The van der Waals surface area contributed by atoms with Gasteiger partial charge >= 0.3 is 0 Å². The molecule has 1 fully saturated rings. The molecule has 3 N–H and O–H groups in total. The molecule has 0 heterocycles. The van der Waals surface area contributed by atoms with Crippen molar-refractivity contribution in [2.45, 2.75) is 22.5 Å². The molecule has 1 aromatic rings. The number of anilines is 1. The molecule has 18 heavy (non-hydrogen) atoms. The Bertz CT molecular complexity index is 556. The highest BCUT2D eigenvalue weighted by Gasteiger charge is 2.42. The third-order valence-electron chi connectivity index (χ3n) is 3.07. The number of hydrogen-bond acceptors (Lipinski definition) is 4. The molecule has 100 valence electrons. The van der Waals surface area contributed by atoms with Crippen LogP contribution in [0.5, 0.6) is 0 Å². The number of nitrogens with two attached hydrogens (primary N) is 1. The van der Waals surface area contributed by atoms with E-state index in [0.717, 1.165) is 12.8 Å². The van der Waals surface area contributed by atoms with Gasteiger partial charge in [0.1, 0.15) is 4.90 Å². The van der Waals surface area contributed by atoms with Crippen LogP contribution in [-0.2, 0) is 10.0 Å². The molecule has 1 saturated carbocycles. The number of nitrogen functional groups attached to an aromatic ring is 1. The van der Waals surface area contributed by atoms with Crippen molar-refractivity contribution in [2.24, 2.45) is 0 Å². The normalized spacial score (nSPS) is 17.7. The molecule has 0 amide bonds. The van der Waals surface area contributed by atoms with Crippen LogP contribution in [0.4, 0.5) is 5.69 Å². The lowest BCUT2D eigenvalue weighted by molar-refractivity contribution is 0.580. The van der Waals surface area contributed by atoms with Crippen LogP contribution in [0.1, 0.15) is 12.8 Å². The Kier molecular flexibility index (Phi) is 3.82. The molecule has 0 spiro atoms. The van der Waals surface area contributed by atoms with Crippen LogP contribution in [-0.4, -0.2) is 26.0 Å². The fourth-order valence-electron chi connectivity index (χ4n) is 1.62.